The number of carboxylic acid groups (broad SMARTS) is 1. The molecule has 1 N–H and O–H groups in total. The Balaban J connectivity index is 1.50. The SMILES string of the molecule is COc1ccc(C(=O)O)cc1CC1CCN(C(=O)c2nnc3nc(C)ccn23)C1. The summed E-state index contributed by atoms with van der Waals surface area (Å²) in [4.78, 5) is 30.3. The third-order valence-electron chi connectivity index (χ3n) is 5.22. The molecule has 3 aromatic rings. The van der Waals surface area contributed by atoms with Crippen LogP contribution in [0.2, 0.25) is 0 Å². The van der Waals surface area contributed by atoms with Gasteiger partial charge in [-0.05, 0) is 55.5 Å². The maximum Gasteiger partial charge on any atom is 0.335 e. The van der Waals surface area contributed by atoms with Crippen molar-refractivity contribution in [2.75, 3.05) is 20.2 Å². The van der Waals surface area contributed by atoms with E-state index in [9.17, 15) is 14.7 Å². The average molecular weight is 395 g/mol. The van der Waals surface area contributed by atoms with Crippen LogP contribution in [0.5, 0.6) is 5.75 Å². The highest BCUT2D eigenvalue weighted by Gasteiger charge is 2.30. The lowest BCUT2D eigenvalue weighted by molar-refractivity contribution is 0.0696. The maximum absolute atomic E-state index is 12.9. The zero-order valence-electron chi connectivity index (χ0n) is 16.2. The number of rotatable bonds is 5. The number of likely N-dealkylation sites (tertiary alicyclic amines) is 1. The van der Waals surface area contributed by atoms with Gasteiger partial charge in [0.1, 0.15) is 5.75 Å². The summed E-state index contributed by atoms with van der Waals surface area (Å²) >= 11 is 0. The summed E-state index contributed by atoms with van der Waals surface area (Å²) in [6.45, 7) is 3.03. The van der Waals surface area contributed by atoms with Crippen molar-refractivity contribution >= 4 is 17.7 Å². The van der Waals surface area contributed by atoms with Crippen LogP contribution in [-0.2, 0) is 6.42 Å². The number of ether oxygens (including phenoxy) is 1. The molecular formula is C20H21N5O4. The molecule has 1 saturated heterocycles. The van der Waals surface area contributed by atoms with Crippen LogP contribution < -0.4 is 4.74 Å². The lowest BCUT2D eigenvalue weighted by Gasteiger charge is -2.16. The number of fused-ring (bicyclic) bond motifs is 1. The van der Waals surface area contributed by atoms with Gasteiger partial charge in [-0.2, -0.15) is 0 Å². The number of aryl methyl sites for hydroxylation is 1. The molecule has 9 nitrogen and oxygen atoms in total. The van der Waals surface area contributed by atoms with Crippen molar-refractivity contribution in [2.24, 2.45) is 5.92 Å². The van der Waals surface area contributed by atoms with Crippen LogP contribution in [0.25, 0.3) is 5.78 Å². The Morgan fingerprint density at radius 1 is 1.28 bits per heavy atom. The molecule has 9 heteroatoms. The second kappa shape index (κ2) is 7.50. The van der Waals surface area contributed by atoms with E-state index in [1.54, 1.807) is 34.7 Å². The van der Waals surface area contributed by atoms with Gasteiger partial charge in [0.25, 0.3) is 11.7 Å². The van der Waals surface area contributed by atoms with E-state index in [2.05, 4.69) is 15.2 Å². The maximum atomic E-state index is 12.9. The average Bonchev–Trinajstić information content (AvgIpc) is 3.34. The molecule has 0 bridgehead atoms. The number of carboxylic acids is 1. The molecule has 0 radical (unpaired) electrons. The minimum Gasteiger partial charge on any atom is -0.496 e. The lowest BCUT2D eigenvalue weighted by Crippen LogP contribution is -2.30. The first-order chi connectivity index (χ1) is 14.0. The number of nitrogens with zero attached hydrogens (tertiary/aromatic N) is 5. The fourth-order valence-corrected chi connectivity index (χ4v) is 3.73. The first-order valence-electron chi connectivity index (χ1n) is 9.34. The Morgan fingerprint density at radius 3 is 2.86 bits per heavy atom. The number of carbonyl (C=O) groups excluding carboxylic acids is 1. The highest BCUT2D eigenvalue weighted by atomic mass is 16.5. The van der Waals surface area contributed by atoms with E-state index < -0.39 is 5.97 Å². The molecule has 0 spiro atoms. The summed E-state index contributed by atoms with van der Waals surface area (Å²) in [6.07, 6.45) is 3.20. The standard InChI is InChI=1S/C20H21N5O4/c1-12-5-8-25-17(22-23-20(25)21-12)18(26)24-7-6-13(11-24)9-15-10-14(19(27)28)3-4-16(15)29-2/h3-5,8,10,13H,6-7,9,11H2,1-2H3,(H,27,28). The molecule has 1 aliphatic rings. The Labute approximate surface area is 167 Å². The number of carbonyl (C=O) groups is 2. The Bertz CT molecular complexity index is 1090. The van der Waals surface area contributed by atoms with Crippen LogP contribution >= 0.6 is 0 Å². The van der Waals surface area contributed by atoms with E-state index in [0.29, 0.717) is 31.0 Å². The smallest absolute Gasteiger partial charge is 0.335 e. The van der Waals surface area contributed by atoms with E-state index >= 15 is 0 Å². The van der Waals surface area contributed by atoms with Gasteiger partial charge in [-0.15, -0.1) is 10.2 Å². The molecule has 4 rings (SSSR count). The molecule has 1 fully saturated rings. The fourth-order valence-electron chi connectivity index (χ4n) is 3.73. The van der Waals surface area contributed by atoms with Crippen molar-refractivity contribution in [3.8, 4) is 5.75 Å². The second-order valence-electron chi connectivity index (χ2n) is 7.20. The summed E-state index contributed by atoms with van der Waals surface area (Å²) in [5, 5.41) is 17.3. The molecule has 0 aliphatic carbocycles. The van der Waals surface area contributed by atoms with Gasteiger partial charge in [-0.3, -0.25) is 9.20 Å². The third-order valence-corrected chi connectivity index (χ3v) is 5.22. The van der Waals surface area contributed by atoms with Gasteiger partial charge in [0, 0.05) is 25.0 Å². The zero-order valence-corrected chi connectivity index (χ0v) is 16.2. The number of hydrogen-bond donors (Lipinski definition) is 1. The molecule has 1 atom stereocenters. The Morgan fingerprint density at radius 2 is 2.10 bits per heavy atom. The topological polar surface area (TPSA) is 110 Å². The molecule has 1 amide bonds. The van der Waals surface area contributed by atoms with E-state index in [-0.39, 0.29) is 23.2 Å². The Hall–Kier alpha value is -3.49. The first-order valence-corrected chi connectivity index (χ1v) is 9.34. The van der Waals surface area contributed by atoms with E-state index in [1.807, 2.05) is 13.0 Å². The van der Waals surface area contributed by atoms with Crippen LogP contribution in [0.1, 0.15) is 38.7 Å². The van der Waals surface area contributed by atoms with E-state index in [1.165, 1.54) is 6.07 Å². The largest absolute Gasteiger partial charge is 0.496 e. The van der Waals surface area contributed by atoms with Gasteiger partial charge >= 0.3 is 5.97 Å². The summed E-state index contributed by atoms with van der Waals surface area (Å²) in [5.74, 6) is 0.357. The third kappa shape index (κ3) is 3.63. The highest BCUT2D eigenvalue weighted by molar-refractivity contribution is 5.91. The van der Waals surface area contributed by atoms with Gasteiger partial charge in [0.05, 0.1) is 12.7 Å². The highest BCUT2D eigenvalue weighted by Crippen LogP contribution is 2.28. The lowest BCUT2D eigenvalue weighted by atomic mass is 9.96. The summed E-state index contributed by atoms with van der Waals surface area (Å²) < 4.78 is 6.98. The fraction of sp³-hybridized carbons (Fsp3) is 0.350. The van der Waals surface area contributed by atoms with Gasteiger partial charge in [0.15, 0.2) is 0 Å². The van der Waals surface area contributed by atoms with Crippen LogP contribution in [0, 0.1) is 12.8 Å². The number of hydrogen-bond acceptors (Lipinski definition) is 6. The monoisotopic (exact) mass is 395 g/mol. The van der Waals surface area contributed by atoms with Crippen LogP contribution in [0.15, 0.2) is 30.5 Å². The van der Waals surface area contributed by atoms with Gasteiger partial charge in [0.2, 0.25) is 5.82 Å². The number of amides is 1. The normalized spacial score (nSPS) is 16.3. The van der Waals surface area contributed by atoms with Crippen molar-refractivity contribution in [1.82, 2.24) is 24.5 Å². The molecule has 29 heavy (non-hydrogen) atoms. The van der Waals surface area contributed by atoms with Crippen LogP contribution in [0.3, 0.4) is 0 Å². The Kier molecular flexibility index (Phi) is 4.87. The summed E-state index contributed by atoms with van der Waals surface area (Å²) in [5.41, 5.74) is 1.87. The van der Waals surface area contributed by atoms with E-state index in [4.69, 9.17) is 4.74 Å². The van der Waals surface area contributed by atoms with Crippen LogP contribution in [0.4, 0.5) is 0 Å². The molecular weight excluding hydrogens is 374 g/mol. The second-order valence-corrected chi connectivity index (χ2v) is 7.20. The van der Waals surface area contributed by atoms with Crippen molar-refractivity contribution in [3.63, 3.8) is 0 Å². The number of aromatic carboxylic acids is 1. The number of methoxy groups -OCH3 is 1. The van der Waals surface area contributed by atoms with Crippen molar-refractivity contribution < 1.29 is 19.4 Å². The minimum absolute atomic E-state index is 0.183. The molecule has 1 aromatic carbocycles. The van der Waals surface area contributed by atoms with Crippen LogP contribution in [-0.4, -0.2) is 61.7 Å². The minimum atomic E-state index is -0.973. The number of benzene rings is 1. The number of aromatic nitrogens is 4. The van der Waals surface area contributed by atoms with Gasteiger partial charge in [-0.25, -0.2) is 9.78 Å². The predicted molar refractivity (Wildman–Crippen MR) is 103 cm³/mol. The molecule has 1 unspecified atom stereocenters. The van der Waals surface area contributed by atoms with Crippen molar-refractivity contribution in [1.29, 1.82) is 0 Å². The van der Waals surface area contributed by atoms with E-state index in [0.717, 1.165) is 17.7 Å². The molecule has 3 heterocycles. The van der Waals surface area contributed by atoms with Crippen molar-refractivity contribution in [2.45, 2.75) is 19.8 Å². The van der Waals surface area contributed by atoms with Crippen molar-refractivity contribution in [3.05, 3.63) is 53.1 Å². The summed E-state index contributed by atoms with van der Waals surface area (Å²) in [6, 6.07) is 6.66. The van der Waals surface area contributed by atoms with Gasteiger partial charge < -0.3 is 14.7 Å². The predicted octanol–water partition coefficient (Wildman–Crippen LogP) is 1.84. The molecule has 0 saturated carbocycles. The zero-order chi connectivity index (χ0) is 20.5. The summed E-state index contributed by atoms with van der Waals surface area (Å²) in [7, 11) is 1.57. The molecule has 150 valence electrons. The van der Waals surface area contributed by atoms with Gasteiger partial charge in [-0.1, -0.05) is 0 Å². The molecule has 2 aromatic heterocycles. The molecule has 1 aliphatic heterocycles. The quantitative estimate of drug-likeness (QED) is 0.702. The first kappa shape index (κ1) is 18.9.